The predicted octanol–water partition coefficient (Wildman–Crippen LogP) is 2.56. The maximum Gasteiger partial charge on any atom is 0.305 e. The highest BCUT2D eigenvalue weighted by Crippen LogP contribution is 2.37. The third kappa shape index (κ3) is 3.85. The van der Waals surface area contributed by atoms with Crippen LogP contribution < -0.4 is 0 Å². The lowest BCUT2D eigenvalue weighted by Gasteiger charge is -2.30. The maximum absolute atomic E-state index is 10.9. The van der Waals surface area contributed by atoms with E-state index in [1.165, 1.54) is 13.8 Å². The zero-order chi connectivity index (χ0) is 13.9. The standard InChI is InChI=1S/C8H14Br2N2O5/c1-4-5-17-6(7(2,9)11(13)14)8(3,10)12(15)16/h6H,4-5H2,1-3H3/t7-,8-/m1/s1. The zero-order valence-corrected chi connectivity index (χ0v) is 12.9. The summed E-state index contributed by atoms with van der Waals surface area (Å²) in [6.45, 7) is 4.48. The van der Waals surface area contributed by atoms with Gasteiger partial charge in [-0.25, -0.2) is 0 Å². The van der Waals surface area contributed by atoms with Crippen LogP contribution in [0.2, 0.25) is 0 Å². The van der Waals surface area contributed by atoms with E-state index in [1.807, 2.05) is 6.92 Å². The molecule has 0 aromatic carbocycles. The average Bonchev–Trinajstić information content (AvgIpc) is 2.17. The van der Waals surface area contributed by atoms with Crippen LogP contribution in [0, 0.1) is 20.2 Å². The molecule has 17 heavy (non-hydrogen) atoms. The van der Waals surface area contributed by atoms with Gasteiger partial charge in [-0.05, 0) is 6.42 Å². The first kappa shape index (κ1) is 16.7. The van der Waals surface area contributed by atoms with Crippen LogP contribution in [-0.2, 0) is 4.74 Å². The van der Waals surface area contributed by atoms with Gasteiger partial charge in [0.05, 0.1) is 0 Å². The van der Waals surface area contributed by atoms with Crippen molar-refractivity contribution in [2.75, 3.05) is 6.61 Å². The van der Waals surface area contributed by atoms with E-state index in [1.54, 1.807) is 0 Å². The number of rotatable bonds is 7. The molecule has 0 rings (SSSR count). The number of nitrogens with zero attached hydrogens (tertiary/aromatic N) is 2. The van der Waals surface area contributed by atoms with Crippen molar-refractivity contribution >= 4 is 31.9 Å². The van der Waals surface area contributed by atoms with Crippen LogP contribution in [0.25, 0.3) is 0 Å². The van der Waals surface area contributed by atoms with Crippen LogP contribution >= 0.6 is 31.9 Å². The number of hydrogen-bond donors (Lipinski definition) is 0. The second-order valence-electron chi connectivity index (χ2n) is 3.81. The van der Waals surface area contributed by atoms with Crippen LogP contribution in [-0.4, -0.2) is 31.5 Å². The number of halogens is 2. The van der Waals surface area contributed by atoms with Gasteiger partial charge in [0.1, 0.15) is 0 Å². The molecule has 0 N–H and O–H groups in total. The van der Waals surface area contributed by atoms with Crippen molar-refractivity contribution in [3.63, 3.8) is 0 Å². The van der Waals surface area contributed by atoms with Crippen LogP contribution in [0.4, 0.5) is 0 Å². The number of hydrogen-bond acceptors (Lipinski definition) is 5. The van der Waals surface area contributed by atoms with Crippen LogP contribution in [0.15, 0.2) is 0 Å². The monoisotopic (exact) mass is 376 g/mol. The SMILES string of the molecule is CCCOC([C@](C)(Br)[N+](=O)[O-])[C@](C)(Br)[N+](=O)[O-]. The molecule has 100 valence electrons. The third-order valence-electron chi connectivity index (χ3n) is 2.16. The van der Waals surface area contributed by atoms with Gasteiger partial charge in [-0.15, -0.1) is 0 Å². The number of ether oxygens (including phenoxy) is 1. The first-order valence-corrected chi connectivity index (χ1v) is 6.45. The minimum atomic E-state index is -1.74. The summed E-state index contributed by atoms with van der Waals surface area (Å²) in [6.07, 6.45) is -0.641. The summed E-state index contributed by atoms with van der Waals surface area (Å²) in [6, 6.07) is 0. The fraction of sp³-hybridized carbons (Fsp3) is 1.00. The van der Waals surface area contributed by atoms with Gasteiger partial charge < -0.3 is 4.74 Å². The van der Waals surface area contributed by atoms with E-state index in [0.717, 1.165) is 0 Å². The van der Waals surface area contributed by atoms with Gasteiger partial charge in [-0.3, -0.25) is 20.2 Å². The lowest BCUT2D eigenvalue weighted by Crippen LogP contribution is -2.56. The Labute approximate surface area is 115 Å². The Morgan fingerprint density at radius 1 is 1.18 bits per heavy atom. The molecule has 2 atom stereocenters. The Balaban J connectivity index is 5.27. The minimum Gasteiger partial charge on any atom is -0.362 e. The predicted molar refractivity (Wildman–Crippen MR) is 68.7 cm³/mol. The lowest BCUT2D eigenvalue weighted by atomic mass is 10.1. The molecule has 0 aromatic rings. The van der Waals surface area contributed by atoms with Gasteiger partial charge in [-0.1, -0.05) is 6.92 Å². The topological polar surface area (TPSA) is 95.5 Å². The van der Waals surface area contributed by atoms with Crippen molar-refractivity contribution < 1.29 is 14.6 Å². The summed E-state index contributed by atoms with van der Waals surface area (Å²) in [5.41, 5.74) is 0. The quantitative estimate of drug-likeness (QED) is 0.294. The van der Waals surface area contributed by atoms with Gasteiger partial charge >= 0.3 is 8.90 Å². The van der Waals surface area contributed by atoms with E-state index in [-0.39, 0.29) is 6.61 Å². The van der Waals surface area contributed by atoms with E-state index < -0.39 is 24.8 Å². The molecule has 9 heteroatoms. The van der Waals surface area contributed by atoms with E-state index in [2.05, 4.69) is 31.9 Å². The Hall–Kier alpha value is -0.280. The van der Waals surface area contributed by atoms with Crippen molar-refractivity contribution in [1.82, 2.24) is 0 Å². The Morgan fingerprint density at radius 3 is 1.76 bits per heavy atom. The summed E-state index contributed by atoms with van der Waals surface area (Å²) in [4.78, 5) is 20.6. The van der Waals surface area contributed by atoms with Crippen molar-refractivity contribution in [3.8, 4) is 0 Å². The van der Waals surface area contributed by atoms with E-state index in [9.17, 15) is 20.2 Å². The highest BCUT2D eigenvalue weighted by Gasteiger charge is 2.60. The van der Waals surface area contributed by atoms with Crippen molar-refractivity contribution in [2.45, 2.75) is 42.2 Å². The molecule has 0 amide bonds. The Bertz CT molecular complexity index is 282. The molecule has 0 saturated heterocycles. The lowest BCUT2D eigenvalue weighted by molar-refractivity contribution is -0.590. The summed E-state index contributed by atoms with van der Waals surface area (Å²) in [5, 5.41) is 21.9. The number of nitro groups is 2. The molecule has 0 fully saturated rings. The van der Waals surface area contributed by atoms with Gasteiger partial charge in [-0.2, -0.15) is 0 Å². The zero-order valence-electron chi connectivity index (χ0n) is 9.68. The summed E-state index contributed by atoms with van der Waals surface area (Å²) < 4.78 is 1.78. The maximum atomic E-state index is 10.9. The Morgan fingerprint density at radius 2 is 1.53 bits per heavy atom. The summed E-state index contributed by atoms with van der Waals surface area (Å²) >= 11 is 5.78. The van der Waals surface area contributed by atoms with Crippen LogP contribution in [0.5, 0.6) is 0 Å². The van der Waals surface area contributed by atoms with Crippen molar-refractivity contribution in [2.24, 2.45) is 0 Å². The van der Waals surface area contributed by atoms with E-state index in [4.69, 9.17) is 4.74 Å². The second-order valence-corrected chi connectivity index (χ2v) is 7.02. The molecule has 0 aliphatic carbocycles. The molecule has 7 nitrogen and oxygen atoms in total. The van der Waals surface area contributed by atoms with Gasteiger partial charge in [0.2, 0.25) is 6.10 Å². The van der Waals surface area contributed by atoms with Crippen LogP contribution in [0.3, 0.4) is 0 Å². The molecular formula is C8H14Br2N2O5. The fourth-order valence-corrected chi connectivity index (χ4v) is 2.68. The minimum absolute atomic E-state index is 0.203. The normalized spacial score (nSPS) is 18.5. The average molecular weight is 378 g/mol. The van der Waals surface area contributed by atoms with Crippen molar-refractivity contribution in [3.05, 3.63) is 20.2 Å². The highest BCUT2D eigenvalue weighted by atomic mass is 79.9. The Kier molecular flexibility index (Phi) is 5.95. The molecular weight excluding hydrogens is 364 g/mol. The van der Waals surface area contributed by atoms with Crippen molar-refractivity contribution in [1.29, 1.82) is 0 Å². The molecule has 0 aliphatic heterocycles. The first-order valence-electron chi connectivity index (χ1n) is 4.86. The molecule has 0 spiro atoms. The van der Waals surface area contributed by atoms with Crippen LogP contribution in [0.1, 0.15) is 27.2 Å². The summed E-state index contributed by atoms with van der Waals surface area (Å²) in [5.74, 6) is 0. The molecule has 0 bridgehead atoms. The van der Waals surface area contributed by atoms with Gasteiger partial charge in [0, 0.05) is 62.2 Å². The first-order chi connectivity index (χ1) is 7.58. The molecule has 0 aliphatic rings. The third-order valence-corrected chi connectivity index (χ3v) is 3.57. The summed E-state index contributed by atoms with van der Waals surface area (Å²) in [7, 11) is 0. The molecule has 0 saturated carbocycles. The largest absolute Gasteiger partial charge is 0.362 e. The highest BCUT2D eigenvalue weighted by molar-refractivity contribution is 9.10. The molecule has 0 aromatic heterocycles. The molecule has 0 unspecified atom stereocenters. The molecule has 0 heterocycles. The fourth-order valence-electron chi connectivity index (χ4n) is 1.21. The smallest absolute Gasteiger partial charge is 0.305 e. The van der Waals surface area contributed by atoms with E-state index in [0.29, 0.717) is 6.42 Å². The van der Waals surface area contributed by atoms with E-state index >= 15 is 0 Å². The second kappa shape index (κ2) is 6.05. The van der Waals surface area contributed by atoms with Gasteiger partial charge in [0.15, 0.2) is 0 Å². The molecule has 0 radical (unpaired) electrons. The number of alkyl halides is 2. The van der Waals surface area contributed by atoms with Gasteiger partial charge in [0.25, 0.3) is 0 Å².